The summed E-state index contributed by atoms with van der Waals surface area (Å²) < 4.78 is 12.3. The van der Waals surface area contributed by atoms with E-state index in [0.29, 0.717) is 22.5 Å². The van der Waals surface area contributed by atoms with Gasteiger partial charge in [0.1, 0.15) is 16.9 Å². The molecular formula is C39H24ClN3O2. The minimum atomic E-state index is 0.610. The Balaban J connectivity index is 1.23. The third-order valence-electron chi connectivity index (χ3n) is 8.51. The zero-order chi connectivity index (χ0) is 29.9. The molecule has 8 aromatic rings. The first-order chi connectivity index (χ1) is 22.2. The highest BCUT2D eigenvalue weighted by atomic mass is 35.5. The molecule has 0 atom stereocenters. The first-order valence-electron chi connectivity index (χ1n) is 14.9. The number of halogens is 1. The first-order valence-corrected chi connectivity index (χ1v) is 15.3. The van der Waals surface area contributed by atoms with Crippen LogP contribution >= 0.6 is 11.6 Å². The van der Waals surface area contributed by atoms with Crippen LogP contribution in [0.1, 0.15) is 23.6 Å². The van der Waals surface area contributed by atoms with Gasteiger partial charge in [-0.25, -0.2) is 15.0 Å². The van der Waals surface area contributed by atoms with E-state index in [2.05, 4.69) is 54.6 Å². The molecule has 0 aliphatic heterocycles. The number of aromatic nitrogens is 3. The zero-order valence-electron chi connectivity index (χ0n) is 24.0. The fourth-order valence-corrected chi connectivity index (χ4v) is 6.49. The quantitative estimate of drug-likeness (QED) is 0.201. The van der Waals surface area contributed by atoms with Crippen molar-refractivity contribution in [3.8, 4) is 33.9 Å². The standard InChI is InChI=1S/C39H24ClN3O2/c40-32-14-7-13-29-31-22-27(17-19-35(31)45-36(29)32)39-42-37(25-11-6-10-24(20-25)23-8-2-1-3-9-23)41-38(43-39)26-16-18-34-30(21-26)28-12-4-5-15-33(28)44-34/h1-16,18,20-22H,17,19H2. The summed E-state index contributed by atoms with van der Waals surface area (Å²) in [6.07, 6.45) is 3.62. The molecular weight excluding hydrogens is 578 g/mol. The molecule has 0 bridgehead atoms. The average Bonchev–Trinajstić information content (AvgIpc) is 3.67. The fourth-order valence-electron chi connectivity index (χ4n) is 6.28. The number of para-hydroxylation sites is 2. The lowest BCUT2D eigenvalue weighted by molar-refractivity contribution is 0.547. The molecule has 0 spiro atoms. The number of hydrogen-bond acceptors (Lipinski definition) is 5. The number of nitrogens with zero attached hydrogens (tertiary/aromatic N) is 3. The highest BCUT2D eigenvalue weighted by Gasteiger charge is 2.23. The van der Waals surface area contributed by atoms with Crippen molar-refractivity contribution >= 4 is 56.2 Å². The average molecular weight is 602 g/mol. The van der Waals surface area contributed by atoms with Gasteiger partial charge in [-0.2, -0.15) is 0 Å². The van der Waals surface area contributed by atoms with Gasteiger partial charge in [-0.05, 0) is 65.6 Å². The van der Waals surface area contributed by atoms with E-state index in [1.54, 1.807) is 0 Å². The molecule has 6 heteroatoms. The second-order valence-corrected chi connectivity index (χ2v) is 11.7. The topological polar surface area (TPSA) is 65.0 Å². The molecule has 0 unspecified atom stereocenters. The number of benzene rings is 5. The van der Waals surface area contributed by atoms with Crippen LogP contribution < -0.4 is 0 Å². The van der Waals surface area contributed by atoms with E-state index < -0.39 is 0 Å². The van der Waals surface area contributed by atoms with Crippen LogP contribution in [-0.2, 0) is 6.42 Å². The van der Waals surface area contributed by atoms with Crippen molar-refractivity contribution in [3.05, 3.63) is 137 Å². The summed E-state index contributed by atoms with van der Waals surface area (Å²) in [6, 6.07) is 38.8. The molecule has 0 amide bonds. The Labute approximate surface area is 263 Å². The third-order valence-corrected chi connectivity index (χ3v) is 8.81. The summed E-state index contributed by atoms with van der Waals surface area (Å²) in [6.45, 7) is 0. The minimum Gasteiger partial charge on any atom is -0.459 e. The second kappa shape index (κ2) is 10.3. The van der Waals surface area contributed by atoms with E-state index in [-0.39, 0.29) is 0 Å². The summed E-state index contributed by atoms with van der Waals surface area (Å²) in [5, 5.41) is 3.70. The van der Waals surface area contributed by atoms with E-state index in [1.807, 2.05) is 66.7 Å². The van der Waals surface area contributed by atoms with Crippen molar-refractivity contribution in [2.24, 2.45) is 0 Å². The Kier molecular flexibility index (Phi) is 5.93. The number of allylic oxidation sites excluding steroid dienone is 1. The molecule has 0 N–H and O–H groups in total. The highest BCUT2D eigenvalue weighted by molar-refractivity contribution is 6.35. The van der Waals surface area contributed by atoms with Crippen LogP contribution in [-0.4, -0.2) is 15.0 Å². The maximum Gasteiger partial charge on any atom is 0.164 e. The molecule has 0 fully saturated rings. The highest BCUT2D eigenvalue weighted by Crippen LogP contribution is 2.39. The van der Waals surface area contributed by atoms with Gasteiger partial charge in [-0.15, -0.1) is 0 Å². The lowest BCUT2D eigenvalue weighted by atomic mass is 9.95. The van der Waals surface area contributed by atoms with Crippen molar-refractivity contribution < 1.29 is 8.83 Å². The van der Waals surface area contributed by atoms with Crippen LogP contribution in [0.25, 0.3) is 78.5 Å². The van der Waals surface area contributed by atoms with E-state index in [0.717, 1.165) is 84.9 Å². The van der Waals surface area contributed by atoms with Crippen LogP contribution in [0, 0.1) is 0 Å². The first kappa shape index (κ1) is 25.9. The third kappa shape index (κ3) is 4.43. The molecule has 5 aromatic carbocycles. The van der Waals surface area contributed by atoms with Gasteiger partial charge in [0.25, 0.3) is 0 Å². The molecule has 3 aromatic heterocycles. The van der Waals surface area contributed by atoms with Crippen molar-refractivity contribution in [2.75, 3.05) is 0 Å². The van der Waals surface area contributed by atoms with Crippen LogP contribution in [0.2, 0.25) is 5.02 Å². The summed E-state index contributed by atoms with van der Waals surface area (Å²) >= 11 is 6.48. The molecule has 5 nitrogen and oxygen atoms in total. The summed E-state index contributed by atoms with van der Waals surface area (Å²) in [7, 11) is 0. The number of fused-ring (bicyclic) bond motifs is 6. The Morgan fingerprint density at radius 1 is 0.511 bits per heavy atom. The van der Waals surface area contributed by atoms with Gasteiger partial charge in [0.2, 0.25) is 0 Å². The fraction of sp³-hybridized carbons (Fsp3) is 0.0513. The number of aryl methyl sites for hydroxylation is 1. The molecule has 0 radical (unpaired) electrons. The molecule has 45 heavy (non-hydrogen) atoms. The number of furan rings is 2. The van der Waals surface area contributed by atoms with Crippen molar-refractivity contribution in [2.45, 2.75) is 12.8 Å². The summed E-state index contributed by atoms with van der Waals surface area (Å²) in [5.74, 6) is 2.82. The molecule has 9 rings (SSSR count). The molecule has 1 aliphatic rings. The Morgan fingerprint density at radius 3 is 2.09 bits per heavy atom. The van der Waals surface area contributed by atoms with Crippen LogP contribution in [0.15, 0.2) is 124 Å². The Bertz CT molecular complexity index is 2460. The van der Waals surface area contributed by atoms with Gasteiger partial charge in [0.05, 0.1) is 5.02 Å². The number of hydrogen-bond donors (Lipinski definition) is 0. The molecule has 0 saturated carbocycles. The molecule has 214 valence electrons. The lowest BCUT2D eigenvalue weighted by Gasteiger charge is -2.14. The minimum absolute atomic E-state index is 0.610. The van der Waals surface area contributed by atoms with Crippen molar-refractivity contribution in [1.29, 1.82) is 0 Å². The van der Waals surface area contributed by atoms with Crippen molar-refractivity contribution in [3.63, 3.8) is 0 Å². The van der Waals surface area contributed by atoms with Gasteiger partial charge in [0.15, 0.2) is 23.1 Å². The maximum absolute atomic E-state index is 6.48. The maximum atomic E-state index is 6.48. The van der Waals surface area contributed by atoms with Gasteiger partial charge in [-0.1, -0.05) is 90.5 Å². The monoisotopic (exact) mass is 601 g/mol. The summed E-state index contributed by atoms with van der Waals surface area (Å²) in [5.41, 5.74) is 8.54. The molecule has 3 heterocycles. The predicted octanol–water partition coefficient (Wildman–Crippen LogP) is 10.7. The van der Waals surface area contributed by atoms with Crippen molar-refractivity contribution in [1.82, 2.24) is 15.0 Å². The van der Waals surface area contributed by atoms with Crippen LogP contribution in [0.4, 0.5) is 0 Å². The van der Waals surface area contributed by atoms with E-state index in [4.69, 9.17) is 35.4 Å². The van der Waals surface area contributed by atoms with E-state index in [9.17, 15) is 0 Å². The molecule has 1 aliphatic carbocycles. The Hall–Kier alpha value is -5.52. The predicted molar refractivity (Wildman–Crippen MR) is 181 cm³/mol. The van der Waals surface area contributed by atoms with Gasteiger partial charge >= 0.3 is 0 Å². The largest absolute Gasteiger partial charge is 0.459 e. The van der Waals surface area contributed by atoms with Crippen LogP contribution in [0.5, 0.6) is 0 Å². The lowest BCUT2D eigenvalue weighted by Crippen LogP contribution is -2.05. The smallest absolute Gasteiger partial charge is 0.164 e. The second-order valence-electron chi connectivity index (χ2n) is 11.3. The van der Waals surface area contributed by atoms with Gasteiger partial charge in [0, 0.05) is 39.3 Å². The Morgan fingerprint density at radius 2 is 1.20 bits per heavy atom. The van der Waals surface area contributed by atoms with Crippen LogP contribution in [0.3, 0.4) is 0 Å². The SMILES string of the molecule is Clc1cccc2c3c(oc12)CCC(c1nc(-c2cccc(-c4ccccc4)c2)nc(-c2ccc4oc5ccccc5c4c2)n1)=C3. The van der Waals surface area contributed by atoms with Gasteiger partial charge < -0.3 is 8.83 Å². The summed E-state index contributed by atoms with van der Waals surface area (Å²) in [4.78, 5) is 15.2. The normalized spacial score (nSPS) is 13.0. The van der Waals surface area contributed by atoms with E-state index >= 15 is 0 Å². The van der Waals surface area contributed by atoms with Gasteiger partial charge in [-0.3, -0.25) is 0 Å². The molecule has 0 saturated heterocycles. The van der Waals surface area contributed by atoms with E-state index in [1.165, 1.54) is 0 Å². The number of rotatable bonds is 4. The zero-order valence-corrected chi connectivity index (χ0v) is 24.8.